The standard InChI is InChI=1S/C39H41N5O13S/c1-54-23-18-30(56-3)24(31(19-23)57-4)15-16-58(52,53)21-22-11-13-29(55-2)27(17-22)42-33(46)10-6-9-32(45)40-20-35(48)41-26-8-5-7-25-36(26)39(51)44(38(25)50)28-12-14-34(47)43-37(28)49/h5,7-8,11,13,15-19,28H,6,9-10,12,14,20-21H2,1-4H3,(H,40,45)(H,41,48)(H,42,46)(H,43,47,49)/b16-15+. The number of fused-ring (bicyclic) bond motifs is 1. The van der Waals surface area contributed by atoms with E-state index in [-0.39, 0.29) is 60.4 Å². The maximum atomic E-state index is 13.3. The molecule has 3 aromatic rings. The SMILES string of the molecule is COc1cc(OC)c(/C=C/S(=O)(=O)Cc2ccc(OC)c(NC(=O)CCCC(=O)NCC(=O)Nc3cccc4c3C(=O)N(C3CCC(=O)NC3=O)C4=O)c2)c(OC)c1. The van der Waals surface area contributed by atoms with Gasteiger partial charge in [0, 0.05) is 36.8 Å². The first kappa shape index (κ1) is 42.4. The number of hydrogen-bond acceptors (Lipinski definition) is 13. The van der Waals surface area contributed by atoms with Crippen molar-refractivity contribution >= 4 is 68.6 Å². The molecule has 58 heavy (non-hydrogen) atoms. The topological polar surface area (TPSA) is 242 Å². The normalized spacial score (nSPS) is 15.1. The summed E-state index contributed by atoms with van der Waals surface area (Å²) >= 11 is 0. The summed E-state index contributed by atoms with van der Waals surface area (Å²) in [5, 5.41) is 10.8. The van der Waals surface area contributed by atoms with Crippen molar-refractivity contribution in [2.24, 2.45) is 0 Å². The zero-order chi connectivity index (χ0) is 42.1. The minimum atomic E-state index is -3.84. The maximum absolute atomic E-state index is 13.3. The molecule has 0 radical (unpaired) electrons. The fraction of sp³-hybridized carbons (Fsp3) is 0.308. The second-order valence-electron chi connectivity index (χ2n) is 13.0. The number of carbonyl (C=O) groups is 7. The Kier molecular flexibility index (Phi) is 13.5. The molecule has 2 heterocycles. The highest BCUT2D eigenvalue weighted by atomic mass is 32.2. The number of ether oxygens (including phenoxy) is 4. The van der Waals surface area contributed by atoms with Crippen LogP contribution in [0.2, 0.25) is 0 Å². The van der Waals surface area contributed by atoms with E-state index in [4.69, 9.17) is 18.9 Å². The van der Waals surface area contributed by atoms with E-state index in [0.717, 1.165) is 10.3 Å². The van der Waals surface area contributed by atoms with Crippen LogP contribution in [0.25, 0.3) is 6.08 Å². The highest BCUT2D eigenvalue weighted by Gasteiger charge is 2.45. The fourth-order valence-electron chi connectivity index (χ4n) is 6.29. The van der Waals surface area contributed by atoms with E-state index in [1.807, 2.05) is 0 Å². The summed E-state index contributed by atoms with van der Waals surface area (Å²) in [6.45, 7) is -0.489. The number of rotatable bonds is 17. The van der Waals surface area contributed by atoms with Crippen LogP contribution in [0.4, 0.5) is 11.4 Å². The van der Waals surface area contributed by atoms with Gasteiger partial charge in [0.1, 0.15) is 29.0 Å². The number of imide groups is 2. The molecule has 0 bridgehead atoms. The lowest BCUT2D eigenvalue weighted by Gasteiger charge is -2.27. The van der Waals surface area contributed by atoms with E-state index in [9.17, 15) is 42.0 Å². The molecule has 18 nitrogen and oxygen atoms in total. The highest BCUT2D eigenvalue weighted by molar-refractivity contribution is 7.93. The monoisotopic (exact) mass is 819 g/mol. The Labute approximate surface area is 333 Å². The van der Waals surface area contributed by atoms with Gasteiger partial charge in [-0.15, -0.1) is 0 Å². The summed E-state index contributed by atoms with van der Waals surface area (Å²) < 4.78 is 47.6. The van der Waals surface area contributed by atoms with Crippen LogP contribution in [0.15, 0.2) is 53.9 Å². The molecular weight excluding hydrogens is 779 g/mol. The number of piperidine rings is 1. The van der Waals surface area contributed by atoms with Gasteiger partial charge < -0.3 is 34.9 Å². The number of sulfone groups is 1. The van der Waals surface area contributed by atoms with E-state index in [0.29, 0.717) is 28.4 Å². The average molecular weight is 820 g/mol. The van der Waals surface area contributed by atoms with E-state index >= 15 is 0 Å². The molecular formula is C39H41N5O13S. The van der Waals surface area contributed by atoms with Crippen LogP contribution in [-0.2, 0) is 39.6 Å². The fourth-order valence-corrected chi connectivity index (χ4v) is 7.38. The summed E-state index contributed by atoms with van der Waals surface area (Å²) in [4.78, 5) is 89.1. The van der Waals surface area contributed by atoms with Crippen molar-refractivity contribution in [1.29, 1.82) is 0 Å². The van der Waals surface area contributed by atoms with E-state index in [2.05, 4.69) is 21.3 Å². The lowest BCUT2D eigenvalue weighted by molar-refractivity contribution is -0.136. The lowest BCUT2D eigenvalue weighted by Crippen LogP contribution is -2.54. The van der Waals surface area contributed by atoms with Gasteiger partial charge in [0.15, 0.2) is 9.84 Å². The van der Waals surface area contributed by atoms with E-state index < -0.39 is 69.5 Å². The Balaban J connectivity index is 1.11. The van der Waals surface area contributed by atoms with E-state index in [1.54, 1.807) is 18.2 Å². The van der Waals surface area contributed by atoms with Crippen LogP contribution >= 0.6 is 0 Å². The Morgan fingerprint density at radius 3 is 2.14 bits per heavy atom. The zero-order valence-electron chi connectivity index (χ0n) is 32.0. The third kappa shape index (κ3) is 9.96. The molecule has 19 heteroatoms. The lowest BCUT2D eigenvalue weighted by atomic mass is 10.0. The summed E-state index contributed by atoms with van der Waals surface area (Å²) in [6.07, 6.45) is 1.16. The van der Waals surface area contributed by atoms with Crippen molar-refractivity contribution < 1.29 is 60.9 Å². The molecule has 0 saturated carbocycles. The second-order valence-corrected chi connectivity index (χ2v) is 14.9. The van der Waals surface area contributed by atoms with Gasteiger partial charge in [0.2, 0.25) is 29.5 Å². The molecule has 7 amide bonds. The molecule has 4 N–H and O–H groups in total. The van der Waals surface area contributed by atoms with Crippen molar-refractivity contribution in [2.75, 3.05) is 45.6 Å². The minimum Gasteiger partial charge on any atom is -0.496 e. The van der Waals surface area contributed by atoms with Gasteiger partial charge in [-0.1, -0.05) is 12.1 Å². The number of nitrogens with zero attached hydrogens (tertiary/aromatic N) is 1. The molecule has 1 atom stereocenters. The van der Waals surface area contributed by atoms with Crippen LogP contribution in [0.1, 0.15) is 63.9 Å². The first-order chi connectivity index (χ1) is 27.7. The molecule has 306 valence electrons. The number of hydrogen-bond donors (Lipinski definition) is 4. The van der Waals surface area contributed by atoms with Crippen molar-refractivity contribution in [3.63, 3.8) is 0 Å². The van der Waals surface area contributed by atoms with Gasteiger partial charge in [0.05, 0.1) is 68.8 Å². The number of methoxy groups -OCH3 is 4. The Morgan fingerprint density at radius 2 is 1.48 bits per heavy atom. The largest absolute Gasteiger partial charge is 0.496 e. The quantitative estimate of drug-likeness (QED) is 0.143. The molecule has 0 spiro atoms. The third-order valence-corrected chi connectivity index (χ3v) is 10.4. The number of anilines is 2. The molecule has 2 aliphatic rings. The van der Waals surface area contributed by atoms with Gasteiger partial charge in [-0.3, -0.25) is 43.8 Å². The molecule has 0 aliphatic carbocycles. The van der Waals surface area contributed by atoms with Gasteiger partial charge in [0.25, 0.3) is 11.8 Å². The van der Waals surface area contributed by atoms with Gasteiger partial charge in [-0.2, -0.15) is 0 Å². The molecule has 1 saturated heterocycles. The first-order valence-electron chi connectivity index (χ1n) is 17.8. The number of amides is 7. The predicted octanol–water partition coefficient (Wildman–Crippen LogP) is 2.57. The van der Waals surface area contributed by atoms with Crippen LogP contribution in [0, 0.1) is 0 Å². The van der Waals surface area contributed by atoms with Crippen molar-refractivity contribution in [3.05, 3.63) is 76.2 Å². The molecule has 5 rings (SSSR count). The van der Waals surface area contributed by atoms with E-state index in [1.165, 1.54) is 64.8 Å². The number of nitrogens with one attached hydrogen (secondary N) is 4. The van der Waals surface area contributed by atoms with Crippen molar-refractivity contribution in [1.82, 2.24) is 15.5 Å². The molecule has 0 aromatic heterocycles. The van der Waals surface area contributed by atoms with Gasteiger partial charge in [-0.05, 0) is 48.7 Å². The smallest absolute Gasteiger partial charge is 0.264 e. The summed E-state index contributed by atoms with van der Waals surface area (Å²) in [5.74, 6) is -3.54. The molecule has 3 aromatic carbocycles. The predicted molar refractivity (Wildman–Crippen MR) is 208 cm³/mol. The Hall–Kier alpha value is -6.76. The molecule has 2 aliphatic heterocycles. The second kappa shape index (κ2) is 18.5. The van der Waals surface area contributed by atoms with Crippen LogP contribution in [0.3, 0.4) is 0 Å². The number of carbonyl (C=O) groups excluding carboxylic acids is 7. The minimum absolute atomic E-state index is 0.00465. The Morgan fingerprint density at radius 1 is 0.810 bits per heavy atom. The van der Waals surface area contributed by atoms with Gasteiger partial charge >= 0.3 is 0 Å². The van der Waals surface area contributed by atoms with Gasteiger partial charge in [-0.25, -0.2) is 8.42 Å². The number of benzene rings is 3. The summed E-state index contributed by atoms with van der Waals surface area (Å²) in [7, 11) is 1.89. The summed E-state index contributed by atoms with van der Waals surface area (Å²) in [5.41, 5.74) is 0.832. The highest BCUT2D eigenvalue weighted by Crippen LogP contribution is 2.36. The Bertz CT molecular complexity index is 2280. The zero-order valence-corrected chi connectivity index (χ0v) is 32.8. The average Bonchev–Trinajstić information content (AvgIpc) is 3.44. The first-order valence-corrected chi connectivity index (χ1v) is 19.5. The molecule has 1 fully saturated rings. The van der Waals surface area contributed by atoms with Crippen LogP contribution < -0.4 is 40.2 Å². The third-order valence-electron chi connectivity index (χ3n) is 9.10. The molecule has 1 unspecified atom stereocenters. The summed E-state index contributed by atoms with van der Waals surface area (Å²) in [6, 6.07) is 10.8. The van der Waals surface area contributed by atoms with Crippen LogP contribution in [0.5, 0.6) is 23.0 Å². The van der Waals surface area contributed by atoms with Crippen LogP contribution in [-0.4, -0.2) is 95.7 Å². The maximum Gasteiger partial charge on any atom is 0.264 e. The van der Waals surface area contributed by atoms with Crippen molar-refractivity contribution in [2.45, 2.75) is 43.9 Å². The van der Waals surface area contributed by atoms with Crippen molar-refractivity contribution in [3.8, 4) is 23.0 Å².